The van der Waals surface area contributed by atoms with Gasteiger partial charge in [-0.15, -0.1) is 0 Å². The highest BCUT2D eigenvalue weighted by Crippen LogP contribution is 2.43. The molecule has 71 heavy (non-hydrogen) atoms. The van der Waals surface area contributed by atoms with Crippen molar-refractivity contribution in [2.24, 2.45) is 5.73 Å². The van der Waals surface area contributed by atoms with Gasteiger partial charge in [-0.1, -0.05) is 201 Å². The maximum atomic E-state index is 12.6. The molecule has 0 aliphatic heterocycles. The van der Waals surface area contributed by atoms with Crippen LogP contribution in [0.3, 0.4) is 0 Å². The van der Waals surface area contributed by atoms with Gasteiger partial charge in [0.1, 0.15) is 12.6 Å². The van der Waals surface area contributed by atoms with E-state index in [2.05, 4.69) is 157 Å². The molecule has 0 aliphatic rings. The second-order valence-corrected chi connectivity index (χ2v) is 17.0. The molecule has 0 fully saturated rings. The van der Waals surface area contributed by atoms with E-state index in [-0.39, 0.29) is 12.8 Å². The van der Waals surface area contributed by atoms with Crippen LogP contribution < -0.4 is 5.73 Å². The largest absolute Gasteiger partial charge is 0.480 e. The fraction of sp³-hybridized carbons (Fsp3) is 0.407. The molecular weight excluding hydrogens is 914 g/mol. The zero-order valence-electron chi connectivity index (χ0n) is 42.5. The minimum absolute atomic E-state index is 0.0481. The molecular formula is C59H84NO10P. The van der Waals surface area contributed by atoms with Gasteiger partial charge in [-0.05, 0) is 103 Å². The van der Waals surface area contributed by atoms with Gasteiger partial charge in [-0.2, -0.15) is 0 Å². The molecule has 0 saturated heterocycles. The summed E-state index contributed by atoms with van der Waals surface area (Å²) in [7, 11) is -4.79. The maximum Gasteiger partial charge on any atom is 0.472 e. The third-order valence-corrected chi connectivity index (χ3v) is 10.2. The molecule has 0 radical (unpaired) electrons. The van der Waals surface area contributed by atoms with E-state index < -0.39 is 57.7 Å². The zero-order chi connectivity index (χ0) is 52.0. The van der Waals surface area contributed by atoms with Crippen molar-refractivity contribution in [3.05, 3.63) is 194 Å². The second kappa shape index (κ2) is 50.7. The van der Waals surface area contributed by atoms with Crippen molar-refractivity contribution < 1.29 is 47.5 Å². The summed E-state index contributed by atoms with van der Waals surface area (Å²) < 4.78 is 32.5. The van der Waals surface area contributed by atoms with E-state index in [1.165, 1.54) is 0 Å². The molecule has 0 bridgehead atoms. The van der Waals surface area contributed by atoms with Crippen LogP contribution in [0.15, 0.2) is 194 Å². The van der Waals surface area contributed by atoms with Gasteiger partial charge in [-0.3, -0.25) is 23.4 Å². The Balaban J connectivity index is 4.61. The van der Waals surface area contributed by atoms with E-state index in [1.807, 2.05) is 37.3 Å². The summed E-state index contributed by atoms with van der Waals surface area (Å²) in [6.07, 6.45) is 78.5. The van der Waals surface area contributed by atoms with Crippen LogP contribution in [0.5, 0.6) is 0 Å². The Morgan fingerprint density at radius 3 is 1.03 bits per heavy atom. The van der Waals surface area contributed by atoms with Gasteiger partial charge < -0.3 is 25.2 Å². The van der Waals surface area contributed by atoms with Crippen LogP contribution in [0.1, 0.15) is 123 Å². The van der Waals surface area contributed by atoms with Crippen LogP contribution in [0, 0.1) is 0 Å². The zero-order valence-corrected chi connectivity index (χ0v) is 43.4. The van der Waals surface area contributed by atoms with E-state index >= 15 is 0 Å². The van der Waals surface area contributed by atoms with Crippen molar-refractivity contribution >= 4 is 25.7 Å². The molecule has 1 unspecified atom stereocenters. The maximum absolute atomic E-state index is 12.6. The minimum Gasteiger partial charge on any atom is -0.480 e. The highest BCUT2D eigenvalue weighted by molar-refractivity contribution is 7.47. The first-order valence-electron chi connectivity index (χ1n) is 24.9. The lowest BCUT2D eigenvalue weighted by Crippen LogP contribution is -2.34. The summed E-state index contributed by atoms with van der Waals surface area (Å²) >= 11 is 0. The van der Waals surface area contributed by atoms with Crippen molar-refractivity contribution in [3.63, 3.8) is 0 Å². The van der Waals surface area contributed by atoms with Gasteiger partial charge in [0.05, 0.1) is 26.1 Å². The van der Waals surface area contributed by atoms with E-state index in [4.69, 9.17) is 24.8 Å². The number of rotatable bonds is 43. The Morgan fingerprint density at radius 2 is 0.718 bits per heavy atom. The first-order valence-corrected chi connectivity index (χ1v) is 26.4. The minimum atomic E-state index is -4.79. The Morgan fingerprint density at radius 1 is 0.437 bits per heavy atom. The highest BCUT2D eigenvalue weighted by Gasteiger charge is 2.28. The Labute approximate surface area is 426 Å². The number of nitrogens with two attached hydrogens (primary N) is 1. The number of phosphoric ester groups is 1. The third kappa shape index (κ3) is 50.5. The molecule has 0 aromatic heterocycles. The molecule has 0 aromatic rings. The molecule has 3 atom stereocenters. The number of hydrogen-bond acceptors (Lipinski definition) is 9. The van der Waals surface area contributed by atoms with Crippen LogP contribution in [0.2, 0.25) is 0 Å². The van der Waals surface area contributed by atoms with Crippen molar-refractivity contribution in [1.82, 2.24) is 0 Å². The fourth-order valence-electron chi connectivity index (χ4n) is 5.42. The lowest BCUT2D eigenvalue weighted by atomic mass is 10.2. The Hall–Kier alpha value is -5.68. The number of carbonyl (C=O) groups is 3. The molecule has 11 nitrogen and oxygen atoms in total. The Kier molecular flexibility index (Phi) is 46.6. The number of carboxylic acid groups (broad SMARTS) is 1. The van der Waals surface area contributed by atoms with E-state index in [0.717, 1.165) is 83.5 Å². The molecule has 0 aromatic carbocycles. The predicted octanol–water partition coefficient (Wildman–Crippen LogP) is 14.6. The van der Waals surface area contributed by atoms with Crippen LogP contribution in [0.4, 0.5) is 0 Å². The number of esters is 2. The van der Waals surface area contributed by atoms with Crippen LogP contribution >= 0.6 is 7.82 Å². The first-order chi connectivity index (χ1) is 34.6. The van der Waals surface area contributed by atoms with E-state index in [9.17, 15) is 23.8 Å². The number of ether oxygens (including phenoxy) is 2. The topological polar surface area (TPSA) is 172 Å². The SMILES string of the molecule is CC=CCC=CCC=CCC=CCC=CCC=CCC=CCC=CCC(=O)O[C@H](COC(=O)CC=CCC=CCC=CCC=CCC=CCC=CCC=CCC=CCC)COP(=O)(O)OC[C@H](N)C(=O)O. The predicted molar refractivity (Wildman–Crippen MR) is 294 cm³/mol. The van der Waals surface area contributed by atoms with Crippen molar-refractivity contribution in [1.29, 1.82) is 0 Å². The van der Waals surface area contributed by atoms with Crippen LogP contribution in [-0.4, -0.2) is 59.9 Å². The molecule has 12 heteroatoms. The summed E-state index contributed by atoms with van der Waals surface area (Å²) in [5, 5.41) is 8.92. The fourth-order valence-corrected chi connectivity index (χ4v) is 6.19. The lowest BCUT2D eigenvalue weighted by Gasteiger charge is -2.20. The highest BCUT2D eigenvalue weighted by atomic mass is 31.2. The van der Waals surface area contributed by atoms with Crippen molar-refractivity contribution in [2.75, 3.05) is 19.8 Å². The smallest absolute Gasteiger partial charge is 0.472 e. The monoisotopic (exact) mass is 998 g/mol. The lowest BCUT2D eigenvalue weighted by molar-refractivity contribution is -0.160. The summed E-state index contributed by atoms with van der Waals surface area (Å²) in [5.41, 5.74) is 5.34. The summed E-state index contributed by atoms with van der Waals surface area (Å²) in [4.78, 5) is 46.1. The standard InChI is InChI=1S/C59H84NO10P/c1-3-5-7-9-11-13-15-17-19-21-23-25-27-29-30-32-34-36-38-40-42-44-46-48-50-57(61)67-52-55(53-68-71(65,66)69-54-56(60)59(63)64)70-58(62)51-49-47-45-43-41-39-37-35-33-31-28-26-24-22-20-18-16-14-12-10-8-6-4-2/h4-7,10-13,16-19,22-25,28-31,34-37,40-43,46-49,55-56H,3,8-9,14-15,20-21,26-27,32-33,38-39,44-45,50-54,60H2,1-2H3,(H,63,64)(H,65,66)/t55-,56+/m1/s1. The summed E-state index contributed by atoms with van der Waals surface area (Å²) in [6.45, 7) is 2.24. The summed E-state index contributed by atoms with van der Waals surface area (Å²) in [6, 6.07) is -1.56. The molecule has 0 amide bonds. The van der Waals surface area contributed by atoms with E-state index in [1.54, 1.807) is 18.2 Å². The van der Waals surface area contributed by atoms with Crippen LogP contribution in [0.25, 0.3) is 0 Å². The normalized spacial score (nSPS) is 15.1. The molecule has 0 heterocycles. The average Bonchev–Trinajstić information content (AvgIpc) is 3.35. The van der Waals surface area contributed by atoms with Crippen molar-refractivity contribution in [2.45, 2.75) is 135 Å². The molecule has 0 aliphatic carbocycles. The third-order valence-electron chi connectivity index (χ3n) is 9.24. The van der Waals surface area contributed by atoms with Gasteiger partial charge in [0.25, 0.3) is 0 Å². The molecule has 0 rings (SSSR count). The number of carbonyl (C=O) groups excluding carboxylic acids is 2. The first kappa shape index (κ1) is 65.3. The number of aliphatic carboxylic acids is 1. The van der Waals surface area contributed by atoms with Gasteiger partial charge in [0.2, 0.25) is 0 Å². The average molecular weight is 998 g/mol. The molecule has 4 N–H and O–H groups in total. The summed E-state index contributed by atoms with van der Waals surface area (Å²) in [5.74, 6) is -2.73. The van der Waals surface area contributed by atoms with Gasteiger partial charge >= 0.3 is 25.7 Å². The molecule has 0 spiro atoms. The quantitative estimate of drug-likeness (QED) is 0.0302. The second-order valence-electron chi connectivity index (χ2n) is 15.6. The van der Waals surface area contributed by atoms with Gasteiger partial charge in [0, 0.05) is 0 Å². The molecule has 390 valence electrons. The number of hydrogen-bond donors (Lipinski definition) is 3. The van der Waals surface area contributed by atoms with Gasteiger partial charge in [-0.25, -0.2) is 4.57 Å². The number of allylic oxidation sites excluding steroid dienone is 30. The van der Waals surface area contributed by atoms with Crippen molar-refractivity contribution in [3.8, 4) is 0 Å². The Bertz CT molecular complexity index is 1940. The van der Waals surface area contributed by atoms with Crippen LogP contribution in [-0.2, 0) is 37.5 Å². The number of carboxylic acids is 1. The van der Waals surface area contributed by atoms with E-state index in [0.29, 0.717) is 12.8 Å². The molecule has 0 saturated carbocycles. The number of phosphoric acid groups is 1. The van der Waals surface area contributed by atoms with Gasteiger partial charge in [0.15, 0.2) is 6.10 Å².